The van der Waals surface area contributed by atoms with E-state index in [0.717, 1.165) is 6.42 Å². The van der Waals surface area contributed by atoms with Crippen molar-refractivity contribution in [1.29, 1.82) is 0 Å². The molecule has 0 aliphatic carbocycles. The van der Waals surface area contributed by atoms with Crippen molar-refractivity contribution in [3.63, 3.8) is 0 Å². The fraction of sp³-hybridized carbons (Fsp3) is 0.526. The minimum Gasteiger partial charge on any atom is -0.463 e. The van der Waals surface area contributed by atoms with Gasteiger partial charge in [0, 0.05) is 0 Å². The van der Waals surface area contributed by atoms with Crippen LogP contribution in [0.4, 0.5) is 0 Å². The van der Waals surface area contributed by atoms with Gasteiger partial charge in [-0.15, -0.1) is 0 Å². The van der Waals surface area contributed by atoms with Crippen molar-refractivity contribution >= 4 is 5.97 Å². The van der Waals surface area contributed by atoms with Gasteiger partial charge in [-0.3, -0.25) is 0 Å². The maximum absolute atomic E-state index is 11.2. The third-order valence-corrected chi connectivity index (χ3v) is 3.65. The number of rotatable bonds is 11. The van der Waals surface area contributed by atoms with Crippen LogP contribution in [0.5, 0.6) is 5.75 Å². The molecule has 0 saturated carbocycles. The quantitative estimate of drug-likeness (QED) is 0.248. The van der Waals surface area contributed by atoms with Crippen molar-refractivity contribution in [2.45, 2.75) is 58.3 Å². The van der Waals surface area contributed by atoms with Gasteiger partial charge in [0.05, 0.1) is 7.11 Å². The minimum absolute atomic E-state index is 0.00216. The molecule has 0 unspecified atom stereocenters. The first kappa shape index (κ1) is 18.3. The summed E-state index contributed by atoms with van der Waals surface area (Å²) in [5, 5.41) is 0. The third kappa shape index (κ3) is 7.30. The second-order valence-electron chi connectivity index (χ2n) is 5.53. The largest absolute Gasteiger partial charge is 0.463 e. The standard InChI is InChI=1S/C19H28O3/c1-4-5-6-7-8-9-10-11-17-12-14-18(15-13-17)22-16(2)19(20)21-3/h12-15H,2,4-11H2,1,3H3. The van der Waals surface area contributed by atoms with Gasteiger partial charge in [-0.25, -0.2) is 4.79 Å². The number of carbonyl (C=O) groups excluding carboxylic acids is 1. The van der Waals surface area contributed by atoms with E-state index < -0.39 is 5.97 Å². The summed E-state index contributed by atoms with van der Waals surface area (Å²) in [5.74, 6) is 0.0631. The van der Waals surface area contributed by atoms with E-state index in [-0.39, 0.29) is 5.76 Å². The van der Waals surface area contributed by atoms with Crippen LogP contribution in [0.3, 0.4) is 0 Å². The molecule has 0 saturated heterocycles. The van der Waals surface area contributed by atoms with Crippen LogP contribution in [-0.4, -0.2) is 13.1 Å². The van der Waals surface area contributed by atoms with Gasteiger partial charge in [0.1, 0.15) is 5.75 Å². The molecule has 3 heteroatoms. The molecule has 122 valence electrons. The van der Waals surface area contributed by atoms with Crippen LogP contribution in [0.25, 0.3) is 0 Å². The zero-order chi connectivity index (χ0) is 16.2. The van der Waals surface area contributed by atoms with Crippen molar-refractivity contribution < 1.29 is 14.3 Å². The number of carbonyl (C=O) groups is 1. The number of methoxy groups -OCH3 is 1. The highest BCUT2D eigenvalue weighted by atomic mass is 16.6. The van der Waals surface area contributed by atoms with E-state index >= 15 is 0 Å². The van der Waals surface area contributed by atoms with Crippen molar-refractivity contribution in [2.75, 3.05) is 7.11 Å². The van der Waals surface area contributed by atoms with Gasteiger partial charge < -0.3 is 9.47 Å². The third-order valence-electron chi connectivity index (χ3n) is 3.65. The molecule has 0 radical (unpaired) electrons. The van der Waals surface area contributed by atoms with Gasteiger partial charge >= 0.3 is 5.97 Å². The molecule has 0 atom stereocenters. The van der Waals surface area contributed by atoms with Gasteiger partial charge in [-0.05, 0) is 37.1 Å². The second-order valence-corrected chi connectivity index (χ2v) is 5.53. The SMILES string of the molecule is C=C(Oc1ccc(CCCCCCCCC)cc1)C(=O)OC. The summed E-state index contributed by atoms with van der Waals surface area (Å²) in [7, 11) is 1.31. The fourth-order valence-electron chi connectivity index (χ4n) is 2.31. The highest BCUT2D eigenvalue weighted by Crippen LogP contribution is 2.17. The average molecular weight is 304 g/mol. The molecule has 1 aromatic carbocycles. The molecule has 0 amide bonds. The lowest BCUT2D eigenvalue weighted by molar-refractivity contribution is -0.138. The van der Waals surface area contributed by atoms with Crippen LogP contribution in [0, 0.1) is 0 Å². The maximum atomic E-state index is 11.2. The van der Waals surface area contributed by atoms with Gasteiger partial charge in [0.15, 0.2) is 0 Å². The van der Waals surface area contributed by atoms with Crippen molar-refractivity contribution in [2.24, 2.45) is 0 Å². The van der Waals surface area contributed by atoms with Crippen molar-refractivity contribution in [3.05, 3.63) is 42.2 Å². The lowest BCUT2D eigenvalue weighted by Crippen LogP contribution is -2.09. The Labute approximate surface area is 134 Å². The number of esters is 1. The van der Waals surface area contributed by atoms with Gasteiger partial charge in [0.25, 0.3) is 0 Å². The Balaban J connectivity index is 2.24. The van der Waals surface area contributed by atoms with E-state index in [2.05, 4.69) is 18.2 Å². The molecule has 1 aromatic rings. The highest BCUT2D eigenvalue weighted by molar-refractivity contribution is 5.85. The maximum Gasteiger partial charge on any atom is 0.373 e. The molecule has 0 spiro atoms. The van der Waals surface area contributed by atoms with E-state index in [9.17, 15) is 4.79 Å². The summed E-state index contributed by atoms with van der Waals surface area (Å²) >= 11 is 0. The van der Waals surface area contributed by atoms with Crippen molar-refractivity contribution in [1.82, 2.24) is 0 Å². The van der Waals surface area contributed by atoms with Gasteiger partial charge in [-0.2, -0.15) is 0 Å². The Hall–Kier alpha value is -1.77. The van der Waals surface area contributed by atoms with Gasteiger partial charge in [-0.1, -0.05) is 57.6 Å². The smallest absolute Gasteiger partial charge is 0.373 e. The first-order chi connectivity index (χ1) is 10.7. The number of benzene rings is 1. The van der Waals surface area contributed by atoms with E-state index in [0.29, 0.717) is 5.75 Å². The van der Waals surface area contributed by atoms with Crippen LogP contribution in [0.2, 0.25) is 0 Å². The normalized spacial score (nSPS) is 10.3. The lowest BCUT2D eigenvalue weighted by atomic mass is 10.0. The molecular formula is C19H28O3. The molecule has 0 aliphatic rings. The van der Waals surface area contributed by atoms with Crippen LogP contribution >= 0.6 is 0 Å². The van der Waals surface area contributed by atoms with Crippen molar-refractivity contribution in [3.8, 4) is 5.75 Å². The zero-order valence-corrected chi connectivity index (χ0v) is 13.9. The molecule has 0 aliphatic heterocycles. The van der Waals surface area contributed by atoms with Crippen LogP contribution < -0.4 is 4.74 Å². The molecule has 3 nitrogen and oxygen atoms in total. The summed E-state index contributed by atoms with van der Waals surface area (Å²) in [6.45, 7) is 5.78. The highest BCUT2D eigenvalue weighted by Gasteiger charge is 2.08. The Morgan fingerprint density at radius 1 is 1.00 bits per heavy atom. The lowest BCUT2D eigenvalue weighted by Gasteiger charge is -2.07. The number of hydrogen-bond donors (Lipinski definition) is 0. The number of ether oxygens (including phenoxy) is 2. The van der Waals surface area contributed by atoms with E-state index in [4.69, 9.17) is 4.74 Å². The molecule has 0 bridgehead atoms. The predicted molar refractivity (Wildman–Crippen MR) is 89.9 cm³/mol. The average Bonchev–Trinajstić information content (AvgIpc) is 2.54. The van der Waals surface area contributed by atoms with E-state index in [1.807, 2.05) is 24.3 Å². The second kappa shape index (κ2) is 10.9. The fourth-order valence-corrected chi connectivity index (χ4v) is 2.31. The molecular weight excluding hydrogens is 276 g/mol. The molecule has 1 rings (SSSR count). The van der Waals surface area contributed by atoms with E-state index in [1.165, 1.54) is 57.6 Å². The monoisotopic (exact) mass is 304 g/mol. The molecule has 0 fully saturated rings. The molecule has 22 heavy (non-hydrogen) atoms. The van der Waals surface area contributed by atoms with Crippen LogP contribution in [-0.2, 0) is 16.0 Å². The Morgan fingerprint density at radius 3 is 2.18 bits per heavy atom. The topological polar surface area (TPSA) is 35.5 Å². The summed E-state index contributed by atoms with van der Waals surface area (Å²) in [5.41, 5.74) is 1.30. The summed E-state index contributed by atoms with van der Waals surface area (Å²) in [4.78, 5) is 11.2. The van der Waals surface area contributed by atoms with Crippen LogP contribution in [0.1, 0.15) is 57.4 Å². The van der Waals surface area contributed by atoms with E-state index in [1.54, 1.807) is 0 Å². The number of unbranched alkanes of at least 4 members (excludes halogenated alkanes) is 6. The first-order valence-electron chi connectivity index (χ1n) is 8.21. The Bertz CT molecular complexity index is 448. The Kier molecular flexibility index (Phi) is 9.04. The van der Waals surface area contributed by atoms with Gasteiger partial charge in [0.2, 0.25) is 5.76 Å². The summed E-state index contributed by atoms with van der Waals surface area (Å²) < 4.78 is 9.88. The Morgan fingerprint density at radius 2 is 1.59 bits per heavy atom. The first-order valence-corrected chi connectivity index (χ1v) is 8.21. The summed E-state index contributed by atoms with van der Waals surface area (Å²) in [6.07, 6.45) is 10.3. The number of aryl methyl sites for hydroxylation is 1. The summed E-state index contributed by atoms with van der Waals surface area (Å²) in [6, 6.07) is 7.81. The molecule has 0 aromatic heterocycles. The molecule has 0 heterocycles. The predicted octanol–water partition coefficient (Wildman–Crippen LogP) is 5.05. The minimum atomic E-state index is -0.549. The molecule has 0 N–H and O–H groups in total. The zero-order valence-electron chi connectivity index (χ0n) is 13.9. The number of hydrogen-bond acceptors (Lipinski definition) is 3. The van der Waals surface area contributed by atoms with Crippen LogP contribution in [0.15, 0.2) is 36.6 Å².